The van der Waals surface area contributed by atoms with Crippen LogP contribution >= 0.6 is 0 Å². The fourth-order valence-electron chi connectivity index (χ4n) is 3.52. The first-order valence-electron chi connectivity index (χ1n) is 9.94. The topological polar surface area (TPSA) is 53.4 Å². The number of rotatable bonds is 7. The van der Waals surface area contributed by atoms with E-state index in [0.717, 1.165) is 51.5 Å². The molecule has 1 aliphatic rings. The van der Waals surface area contributed by atoms with Crippen LogP contribution in [0.25, 0.3) is 5.69 Å². The van der Waals surface area contributed by atoms with Gasteiger partial charge in [0.25, 0.3) is 5.91 Å². The van der Waals surface area contributed by atoms with E-state index in [1.54, 1.807) is 0 Å². The Labute approximate surface area is 172 Å². The Kier molecular flexibility index (Phi) is 7.09. The number of piperazine rings is 1. The quantitative estimate of drug-likeness (QED) is 0.546. The van der Waals surface area contributed by atoms with Gasteiger partial charge in [-0.1, -0.05) is 19.1 Å². The van der Waals surface area contributed by atoms with Crippen molar-refractivity contribution in [3.05, 3.63) is 47.5 Å². The number of alkyl halides is 3. The van der Waals surface area contributed by atoms with Crippen molar-refractivity contribution >= 4 is 5.91 Å². The number of nitrogens with zero attached hydrogens (tertiary/aromatic N) is 4. The molecule has 0 aliphatic carbocycles. The second-order valence-corrected chi connectivity index (χ2v) is 7.15. The highest BCUT2D eigenvalue weighted by Crippen LogP contribution is 2.34. The maximum absolute atomic E-state index is 14.0. The first-order chi connectivity index (χ1) is 14.3. The molecular weight excluding hydrogens is 402 g/mol. The van der Waals surface area contributed by atoms with Gasteiger partial charge in [0.05, 0.1) is 11.8 Å². The molecule has 1 saturated heterocycles. The van der Waals surface area contributed by atoms with Gasteiger partial charge in [0.2, 0.25) is 0 Å². The molecule has 0 atom stereocenters. The number of benzene rings is 1. The van der Waals surface area contributed by atoms with Gasteiger partial charge in [-0.05, 0) is 31.6 Å². The van der Waals surface area contributed by atoms with Crippen molar-refractivity contribution in [2.24, 2.45) is 0 Å². The number of hydrogen-bond acceptors (Lipinski definition) is 4. The second-order valence-electron chi connectivity index (χ2n) is 7.15. The molecule has 1 N–H and O–H groups in total. The zero-order chi connectivity index (χ0) is 21.7. The summed E-state index contributed by atoms with van der Waals surface area (Å²) >= 11 is 0. The summed E-state index contributed by atoms with van der Waals surface area (Å²) in [5.74, 6) is -1.73. The summed E-state index contributed by atoms with van der Waals surface area (Å²) in [4.78, 5) is 17.0. The summed E-state index contributed by atoms with van der Waals surface area (Å²) in [7, 11) is 0. The molecule has 0 saturated carbocycles. The molecule has 0 unspecified atom stereocenters. The SMILES string of the molecule is CCN1CCN(CCCNC(=O)c2cnn(-c3ccccc3F)c2C(F)(F)F)CC1. The highest BCUT2D eigenvalue weighted by molar-refractivity contribution is 5.95. The van der Waals surface area contributed by atoms with Crippen LogP contribution in [-0.2, 0) is 6.18 Å². The zero-order valence-electron chi connectivity index (χ0n) is 16.8. The molecule has 2 aromatic rings. The number of halogens is 4. The standard InChI is InChI=1S/C20H25F4N5O/c1-2-27-10-12-28(13-11-27)9-5-8-25-19(30)15-14-26-29(18(15)20(22,23)24)17-7-4-3-6-16(17)21/h3-4,6-7,14H,2,5,8-13H2,1H3,(H,25,30). The highest BCUT2D eigenvalue weighted by Gasteiger charge is 2.41. The maximum Gasteiger partial charge on any atom is 0.434 e. The largest absolute Gasteiger partial charge is 0.434 e. The first-order valence-corrected chi connectivity index (χ1v) is 9.94. The highest BCUT2D eigenvalue weighted by atomic mass is 19.4. The van der Waals surface area contributed by atoms with Crippen molar-refractivity contribution in [3.8, 4) is 5.69 Å². The zero-order valence-corrected chi connectivity index (χ0v) is 16.8. The number of amides is 1. The normalized spacial score (nSPS) is 16.0. The van der Waals surface area contributed by atoms with Crippen molar-refractivity contribution in [3.63, 3.8) is 0 Å². The molecule has 0 spiro atoms. The van der Waals surface area contributed by atoms with Crippen molar-refractivity contribution in [1.82, 2.24) is 24.9 Å². The third kappa shape index (κ3) is 5.17. The molecular formula is C20H25F4N5O. The van der Waals surface area contributed by atoms with Crippen LogP contribution in [0.3, 0.4) is 0 Å². The predicted octanol–water partition coefficient (Wildman–Crippen LogP) is 2.79. The van der Waals surface area contributed by atoms with Gasteiger partial charge in [0.15, 0.2) is 5.69 Å². The van der Waals surface area contributed by atoms with Crippen LogP contribution in [0.2, 0.25) is 0 Å². The minimum Gasteiger partial charge on any atom is -0.352 e. The van der Waals surface area contributed by atoms with Gasteiger partial charge >= 0.3 is 6.18 Å². The average molecular weight is 427 g/mol. The number of carbonyl (C=O) groups excluding carboxylic acids is 1. The monoisotopic (exact) mass is 427 g/mol. The second kappa shape index (κ2) is 9.57. The van der Waals surface area contributed by atoms with E-state index >= 15 is 0 Å². The molecule has 1 amide bonds. The number of hydrogen-bond donors (Lipinski definition) is 1. The van der Waals surface area contributed by atoms with Crippen molar-refractivity contribution in [1.29, 1.82) is 0 Å². The van der Waals surface area contributed by atoms with Gasteiger partial charge in [-0.25, -0.2) is 9.07 Å². The Hall–Kier alpha value is -2.46. The summed E-state index contributed by atoms with van der Waals surface area (Å²) in [5.41, 5.74) is -2.28. The number of para-hydroxylation sites is 1. The lowest BCUT2D eigenvalue weighted by Crippen LogP contribution is -2.46. The van der Waals surface area contributed by atoms with Crippen molar-refractivity contribution in [2.75, 3.05) is 45.8 Å². The predicted molar refractivity (Wildman–Crippen MR) is 104 cm³/mol. The molecule has 6 nitrogen and oxygen atoms in total. The van der Waals surface area contributed by atoms with Crippen LogP contribution in [-0.4, -0.2) is 71.3 Å². The van der Waals surface area contributed by atoms with Crippen molar-refractivity contribution < 1.29 is 22.4 Å². The average Bonchev–Trinajstić information content (AvgIpc) is 3.17. The van der Waals surface area contributed by atoms with Crippen LogP contribution < -0.4 is 5.32 Å². The van der Waals surface area contributed by atoms with E-state index in [4.69, 9.17) is 0 Å². The number of aromatic nitrogens is 2. The Morgan fingerprint density at radius 2 is 1.80 bits per heavy atom. The van der Waals surface area contributed by atoms with E-state index in [2.05, 4.69) is 27.1 Å². The molecule has 1 aliphatic heterocycles. The smallest absolute Gasteiger partial charge is 0.352 e. The third-order valence-electron chi connectivity index (χ3n) is 5.21. The number of nitrogens with one attached hydrogen (secondary N) is 1. The van der Waals surface area contributed by atoms with E-state index < -0.39 is 29.2 Å². The molecule has 1 aromatic heterocycles. The van der Waals surface area contributed by atoms with Crippen LogP contribution in [0.5, 0.6) is 0 Å². The minimum absolute atomic E-state index is 0.245. The maximum atomic E-state index is 14.0. The van der Waals surface area contributed by atoms with E-state index in [-0.39, 0.29) is 12.2 Å². The Morgan fingerprint density at radius 3 is 2.43 bits per heavy atom. The first kappa shape index (κ1) is 22.2. The Morgan fingerprint density at radius 1 is 1.13 bits per heavy atom. The van der Waals surface area contributed by atoms with Crippen LogP contribution in [0.4, 0.5) is 17.6 Å². The van der Waals surface area contributed by atoms with Gasteiger partial charge < -0.3 is 15.1 Å². The summed E-state index contributed by atoms with van der Waals surface area (Å²) in [5, 5.41) is 6.16. The lowest BCUT2D eigenvalue weighted by atomic mass is 10.2. The molecule has 0 bridgehead atoms. The molecule has 1 fully saturated rings. The van der Waals surface area contributed by atoms with E-state index in [1.807, 2.05) is 0 Å². The molecule has 164 valence electrons. The van der Waals surface area contributed by atoms with E-state index in [1.165, 1.54) is 18.2 Å². The van der Waals surface area contributed by atoms with Gasteiger partial charge in [-0.2, -0.15) is 18.3 Å². The van der Waals surface area contributed by atoms with Crippen LogP contribution in [0, 0.1) is 5.82 Å². The Balaban J connectivity index is 1.63. The fraction of sp³-hybridized carbons (Fsp3) is 0.500. The van der Waals surface area contributed by atoms with Gasteiger partial charge in [-0.15, -0.1) is 0 Å². The van der Waals surface area contributed by atoms with E-state index in [0.29, 0.717) is 11.1 Å². The number of likely N-dealkylation sites (N-methyl/N-ethyl adjacent to an activating group) is 1. The van der Waals surface area contributed by atoms with Crippen LogP contribution in [0.1, 0.15) is 29.4 Å². The molecule has 1 aromatic carbocycles. The van der Waals surface area contributed by atoms with Crippen molar-refractivity contribution in [2.45, 2.75) is 19.5 Å². The molecule has 2 heterocycles. The minimum atomic E-state index is -4.87. The third-order valence-corrected chi connectivity index (χ3v) is 5.21. The molecule has 0 radical (unpaired) electrons. The van der Waals surface area contributed by atoms with Gasteiger partial charge in [0.1, 0.15) is 11.5 Å². The molecule has 3 rings (SSSR count). The van der Waals surface area contributed by atoms with E-state index in [9.17, 15) is 22.4 Å². The molecule has 10 heteroatoms. The summed E-state index contributed by atoms with van der Waals surface area (Å²) in [6.07, 6.45) is -3.42. The Bertz CT molecular complexity index is 859. The molecule has 30 heavy (non-hydrogen) atoms. The lowest BCUT2D eigenvalue weighted by Gasteiger charge is -2.33. The number of carbonyl (C=O) groups is 1. The summed E-state index contributed by atoms with van der Waals surface area (Å²) in [6, 6.07) is 4.99. The van der Waals surface area contributed by atoms with Gasteiger partial charge in [0, 0.05) is 32.7 Å². The summed E-state index contributed by atoms with van der Waals surface area (Å²) < 4.78 is 55.3. The summed E-state index contributed by atoms with van der Waals surface area (Å²) in [6.45, 7) is 8.01. The van der Waals surface area contributed by atoms with Crippen LogP contribution in [0.15, 0.2) is 30.5 Å². The van der Waals surface area contributed by atoms with Gasteiger partial charge in [-0.3, -0.25) is 4.79 Å². The fourth-order valence-corrected chi connectivity index (χ4v) is 3.52. The lowest BCUT2D eigenvalue weighted by molar-refractivity contribution is -0.143.